The number of aliphatic hydroxyl groups is 4. The quantitative estimate of drug-likeness (QED) is 0.469. The van der Waals surface area contributed by atoms with Gasteiger partial charge in [0.25, 0.3) is 5.56 Å². The van der Waals surface area contributed by atoms with Crippen LogP contribution in [0.2, 0.25) is 0 Å². The van der Waals surface area contributed by atoms with Crippen LogP contribution in [0.1, 0.15) is 12.1 Å². The number of nitrogens with one attached hydrogen (secondary N) is 1. The lowest BCUT2D eigenvalue weighted by Crippen LogP contribution is -2.40. The van der Waals surface area contributed by atoms with Gasteiger partial charge in [-0.3, -0.25) is 4.79 Å². The van der Waals surface area contributed by atoms with E-state index in [2.05, 4.69) is 9.97 Å². The molecule has 1 aromatic carbocycles. The van der Waals surface area contributed by atoms with Gasteiger partial charge >= 0.3 is 0 Å². The molecule has 22 heavy (non-hydrogen) atoms. The van der Waals surface area contributed by atoms with Crippen LogP contribution in [0.25, 0.3) is 11.0 Å². The molecule has 0 saturated heterocycles. The number of aromatic amines is 1. The third kappa shape index (κ3) is 3.66. The molecule has 3 atom stereocenters. The molecule has 0 aliphatic rings. The Bertz CT molecular complexity index is 705. The lowest BCUT2D eigenvalue weighted by Gasteiger charge is -2.22. The highest BCUT2D eigenvalue weighted by atomic mass is 19.1. The van der Waals surface area contributed by atoms with Crippen molar-refractivity contribution in [2.24, 2.45) is 0 Å². The Morgan fingerprint density at radius 3 is 2.64 bits per heavy atom. The van der Waals surface area contributed by atoms with E-state index in [4.69, 9.17) is 5.11 Å². The molecule has 2 unspecified atom stereocenters. The van der Waals surface area contributed by atoms with Crippen molar-refractivity contribution in [1.82, 2.24) is 9.97 Å². The minimum atomic E-state index is -1.52. The number of rotatable bonds is 6. The predicted octanol–water partition coefficient (Wildman–Crippen LogP) is -0.930. The van der Waals surface area contributed by atoms with E-state index in [9.17, 15) is 24.5 Å². The Labute approximate surface area is 124 Å². The number of aromatic nitrogens is 2. The molecule has 1 aromatic heterocycles. The van der Waals surface area contributed by atoms with Crippen molar-refractivity contribution in [3.05, 3.63) is 40.1 Å². The first kappa shape index (κ1) is 16.5. The molecule has 0 amide bonds. The van der Waals surface area contributed by atoms with Crippen molar-refractivity contribution in [3.63, 3.8) is 0 Å². The number of halogens is 1. The summed E-state index contributed by atoms with van der Waals surface area (Å²) in [5.41, 5.74) is -0.0828. The summed E-state index contributed by atoms with van der Waals surface area (Å²) in [5, 5.41) is 37.8. The topological polar surface area (TPSA) is 127 Å². The zero-order valence-corrected chi connectivity index (χ0v) is 11.6. The van der Waals surface area contributed by atoms with E-state index >= 15 is 0 Å². The van der Waals surface area contributed by atoms with E-state index in [-0.39, 0.29) is 30.7 Å². The summed E-state index contributed by atoms with van der Waals surface area (Å²) in [4.78, 5) is 18.3. The first-order chi connectivity index (χ1) is 10.4. The molecule has 120 valence electrons. The van der Waals surface area contributed by atoms with E-state index in [0.717, 1.165) is 6.07 Å². The van der Waals surface area contributed by atoms with Crippen molar-refractivity contribution in [1.29, 1.82) is 0 Å². The fourth-order valence-electron chi connectivity index (χ4n) is 2.11. The molecular weight excluding hydrogens is 295 g/mol. The summed E-state index contributed by atoms with van der Waals surface area (Å²) in [7, 11) is 0. The minimum absolute atomic E-state index is 0.0399. The van der Waals surface area contributed by atoms with Crippen LogP contribution in [0.15, 0.2) is 23.0 Å². The van der Waals surface area contributed by atoms with Gasteiger partial charge in [0.1, 0.15) is 17.6 Å². The number of fused-ring (bicyclic) bond motifs is 1. The summed E-state index contributed by atoms with van der Waals surface area (Å²) < 4.78 is 13.1. The van der Waals surface area contributed by atoms with Gasteiger partial charge in [-0.25, -0.2) is 9.37 Å². The predicted molar refractivity (Wildman–Crippen MR) is 75.7 cm³/mol. The Balaban J connectivity index is 2.22. The van der Waals surface area contributed by atoms with Crippen molar-refractivity contribution < 1.29 is 24.8 Å². The summed E-state index contributed by atoms with van der Waals surface area (Å²) >= 11 is 0. The second-order valence-corrected chi connectivity index (χ2v) is 5.02. The number of hydrogen-bond acceptors (Lipinski definition) is 6. The van der Waals surface area contributed by atoms with Gasteiger partial charge in [-0.1, -0.05) is 0 Å². The molecule has 0 radical (unpaired) electrons. The van der Waals surface area contributed by atoms with Gasteiger partial charge in [0.2, 0.25) is 0 Å². The summed E-state index contributed by atoms with van der Waals surface area (Å²) in [6, 6.07) is 3.70. The highest BCUT2D eigenvalue weighted by molar-refractivity contribution is 5.73. The molecule has 0 fully saturated rings. The zero-order chi connectivity index (χ0) is 16.3. The van der Waals surface area contributed by atoms with Crippen molar-refractivity contribution in [2.75, 3.05) is 6.61 Å². The third-order valence-electron chi connectivity index (χ3n) is 3.34. The minimum Gasteiger partial charge on any atom is -0.396 e. The largest absolute Gasteiger partial charge is 0.396 e. The lowest BCUT2D eigenvalue weighted by atomic mass is 10.0. The maximum absolute atomic E-state index is 13.1. The summed E-state index contributed by atoms with van der Waals surface area (Å²) in [5.74, 6) is -0.514. The molecule has 2 aromatic rings. The first-order valence-electron chi connectivity index (χ1n) is 6.76. The Hall–Kier alpha value is -1.87. The van der Waals surface area contributed by atoms with E-state index in [0.29, 0.717) is 5.52 Å². The van der Waals surface area contributed by atoms with Crippen molar-refractivity contribution in [2.45, 2.75) is 31.2 Å². The van der Waals surface area contributed by atoms with Crippen LogP contribution in [0.5, 0.6) is 0 Å². The van der Waals surface area contributed by atoms with Crippen LogP contribution in [-0.4, -0.2) is 55.3 Å². The number of nitrogens with zero attached hydrogens (tertiary/aromatic N) is 1. The van der Waals surface area contributed by atoms with Gasteiger partial charge in [0, 0.05) is 13.0 Å². The molecule has 0 spiro atoms. The van der Waals surface area contributed by atoms with E-state index in [1.165, 1.54) is 12.1 Å². The van der Waals surface area contributed by atoms with Gasteiger partial charge < -0.3 is 25.4 Å². The van der Waals surface area contributed by atoms with Crippen molar-refractivity contribution in [3.8, 4) is 0 Å². The van der Waals surface area contributed by atoms with Gasteiger partial charge in [-0.15, -0.1) is 0 Å². The molecule has 5 N–H and O–H groups in total. The average molecular weight is 312 g/mol. The van der Waals surface area contributed by atoms with Gasteiger partial charge in [0.15, 0.2) is 0 Å². The van der Waals surface area contributed by atoms with Crippen molar-refractivity contribution >= 4 is 11.0 Å². The van der Waals surface area contributed by atoms with Crippen LogP contribution < -0.4 is 5.56 Å². The Morgan fingerprint density at radius 2 is 1.95 bits per heavy atom. The second kappa shape index (κ2) is 6.93. The van der Waals surface area contributed by atoms with Crippen LogP contribution in [0, 0.1) is 5.82 Å². The first-order valence-corrected chi connectivity index (χ1v) is 6.76. The number of benzene rings is 1. The fourth-order valence-corrected chi connectivity index (χ4v) is 2.11. The molecular formula is C14H17FN2O5. The van der Waals surface area contributed by atoms with Gasteiger partial charge in [-0.2, -0.15) is 0 Å². The highest BCUT2D eigenvalue weighted by Gasteiger charge is 2.25. The summed E-state index contributed by atoms with van der Waals surface area (Å²) in [6.07, 6.45) is -4.63. The monoisotopic (exact) mass is 312 g/mol. The van der Waals surface area contributed by atoms with Gasteiger partial charge in [-0.05, 0) is 24.6 Å². The molecule has 0 aliphatic heterocycles. The van der Waals surface area contributed by atoms with E-state index < -0.39 is 29.7 Å². The molecule has 0 bridgehead atoms. The smallest absolute Gasteiger partial charge is 0.270 e. The molecule has 7 nitrogen and oxygen atoms in total. The highest BCUT2D eigenvalue weighted by Crippen LogP contribution is 2.12. The second-order valence-electron chi connectivity index (χ2n) is 5.02. The number of aliphatic hydroxyl groups excluding tert-OH is 4. The van der Waals surface area contributed by atoms with E-state index in [1.54, 1.807) is 0 Å². The van der Waals surface area contributed by atoms with Gasteiger partial charge in [0.05, 0.1) is 23.2 Å². The van der Waals surface area contributed by atoms with Crippen LogP contribution in [0.3, 0.4) is 0 Å². The molecule has 0 saturated carbocycles. The fraction of sp³-hybridized carbons (Fsp3) is 0.429. The normalized spacial score (nSPS) is 15.7. The zero-order valence-electron chi connectivity index (χ0n) is 11.6. The summed E-state index contributed by atoms with van der Waals surface area (Å²) in [6.45, 7) is -0.342. The average Bonchev–Trinajstić information content (AvgIpc) is 2.47. The standard InChI is InChI=1S/C14H17FN2O5/c15-7-1-2-8-9(5-7)17-14(22)10(16-8)6-12(20)13(21)11(19)3-4-18/h1-2,5,11-13,18-21H,3-4,6H2,(H,17,22)/t11?,12-,13?/m1/s1. The van der Waals surface area contributed by atoms with Crippen LogP contribution >= 0.6 is 0 Å². The number of hydrogen-bond donors (Lipinski definition) is 5. The third-order valence-corrected chi connectivity index (χ3v) is 3.34. The Morgan fingerprint density at radius 1 is 1.23 bits per heavy atom. The van der Waals surface area contributed by atoms with E-state index in [1.807, 2.05) is 0 Å². The lowest BCUT2D eigenvalue weighted by molar-refractivity contribution is -0.0652. The van der Waals surface area contributed by atoms with Crippen LogP contribution in [0.4, 0.5) is 4.39 Å². The maximum Gasteiger partial charge on any atom is 0.270 e. The molecule has 1 heterocycles. The molecule has 2 rings (SSSR count). The SMILES string of the molecule is O=c1[nH]c2cc(F)ccc2nc1C[C@@H](O)C(O)C(O)CCO. The van der Waals surface area contributed by atoms with Crippen LogP contribution in [-0.2, 0) is 6.42 Å². The maximum atomic E-state index is 13.1. The number of H-pyrrole nitrogens is 1. The molecule has 8 heteroatoms. The Kier molecular flexibility index (Phi) is 5.19. The molecule has 0 aliphatic carbocycles.